The standard InChI is InChI=1S/C12H17FN2O/c13-11-2-1-9-3-4-15(7-10(9)5-11)8-12(16)6-14/h1-2,5,12,16H,3-4,6-8,14H2/t12-/m0/s1. The predicted octanol–water partition coefficient (Wildman–Crippen LogP) is 0.503. The molecule has 0 unspecified atom stereocenters. The number of aliphatic hydroxyl groups is 1. The molecule has 0 bridgehead atoms. The maximum absolute atomic E-state index is 13.1. The Bertz CT molecular complexity index is 370. The Kier molecular flexibility index (Phi) is 3.53. The SMILES string of the molecule is NC[C@H](O)CN1CCc2ccc(F)cc2C1. The second-order valence-corrected chi connectivity index (χ2v) is 4.29. The van der Waals surface area contributed by atoms with Crippen molar-refractivity contribution >= 4 is 0 Å². The molecule has 3 N–H and O–H groups in total. The Morgan fingerprint density at radius 2 is 2.25 bits per heavy atom. The highest BCUT2D eigenvalue weighted by atomic mass is 19.1. The van der Waals surface area contributed by atoms with Gasteiger partial charge in [0.25, 0.3) is 0 Å². The molecule has 0 saturated heterocycles. The summed E-state index contributed by atoms with van der Waals surface area (Å²) in [7, 11) is 0. The first-order valence-electron chi connectivity index (χ1n) is 5.57. The van der Waals surface area contributed by atoms with Crippen molar-refractivity contribution in [2.45, 2.75) is 19.1 Å². The molecule has 1 aromatic carbocycles. The molecule has 1 aromatic rings. The largest absolute Gasteiger partial charge is 0.390 e. The van der Waals surface area contributed by atoms with Gasteiger partial charge >= 0.3 is 0 Å². The quantitative estimate of drug-likeness (QED) is 0.786. The number of halogens is 1. The zero-order valence-corrected chi connectivity index (χ0v) is 9.19. The van der Waals surface area contributed by atoms with E-state index in [0.717, 1.165) is 18.5 Å². The van der Waals surface area contributed by atoms with Crippen LogP contribution in [0.2, 0.25) is 0 Å². The zero-order chi connectivity index (χ0) is 11.5. The predicted molar refractivity (Wildman–Crippen MR) is 60.4 cm³/mol. The molecule has 3 nitrogen and oxygen atoms in total. The number of benzene rings is 1. The smallest absolute Gasteiger partial charge is 0.123 e. The lowest BCUT2D eigenvalue weighted by Gasteiger charge is -2.30. The van der Waals surface area contributed by atoms with Crippen LogP contribution < -0.4 is 5.73 Å². The first kappa shape index (κ1) is 11.5. The van der Waals surface area contributed by atoms with E-state index >= 15 is 0 Å². The van der Waals surface area contributed by atoms with Crippen molar-refractivity contribution in [3.8, 4) is 0 Å². The van der Waals surface area contributed by atoms with Gasteiger partial charge in [0.15, 0.2) is 0 Å². The van der Waals surface area contributed by atoms with Gasteiger partial charge in [-0.05, 0) is 29.7 Å². The fourth-order valence-corrected chi connectivity index (χ4v) is 2.11. The van der Waals surface area contributed by atoms with Gasteiger partial charge in [0.05, 0.1) is 6.10 Å². The summed E-state index contributed by atoms with van der Waals surface area (Å²) >= 11 is 0. The van der Waals surface area contributed by atoms with E-state index in [1.165, 1.54) is 11.6 Å². The van der Waals surface area contributed by atoms with Crippen LogP contribution in [0.5, 0.6) is 0 Å². The lowest BCUT2D eigenvalue weighted by Crippen LogP contribution is -2.39. The molecule has 16 heavy (non-hydrogen) atoms. The molecule has 0 aliphatic carbocycles. The van der Waals surface area contributed by atoms with E-state index in [9.17, 15) is 9.50 Å². The van der Waals surface area contributed by atoms with Gasteiger partial charge in [0, 0.05) is 26.2 Å². The third-order valence-corrected chi connectivity index (χ3v) is 3.00. The van der Waals surface area contributed by atoms with Crippen LogP contribution in [0, 0.1) is 5.82 Å². The Hall–Kier alpha value is -0.970. The van der Waals surface area contributed by atoms with Crippen molar-refractivity contribution in [3.63, 3.8) is 0 Å². The number of rotatable bonds is 3. The maximum atomic E-state index is 13.1. The third kappa shape index (κ3) is 2.58. The average Bonchev–Trinajstić information content (AvgIpc) is 2.28. The summed E-state index contributed by atoms with van der Waals surface area (Å²) in [5.41, 5.74) is 7.60. The molecule has 0 saturated carbocycles. The second-order valence-electron chi connectivity index (χ2n) is 4.29. The molecule has 4 heteroatoms. The van der Waals surface area contributed by atoms with Crippen LogP contribution in [0.25, 0.3) is 0 Å². The lowest BCUT2D eigenvalue weighted by molar-refractivity contribution is 0.111. The number of nitrogens with zero attached hydrogens (tertiary/aromatic N) is 1. The fourth-order valence-electron chi connectivity index (χ4n) is 2.11. The van der Waals surface area contributed by atoms with Gasteiger partial charge < -0.3 is 10.8 Å². The molecule has 88 valence electrons. The molecular formula is C12H17FN2O. The van der Waals surface area contributed by atoms with Gasteiger partial charge in [0.2, 0.25) is 0 Å². The summed E-state index contributed by atoms with van der Waals surface area (Å²) in [5.74, 6) is -0.194. The minimum atomic E-state index is -0.491. The summed E-state index contributed by atoms with van der Waals surface area (Å²) in [5, 5.41) is 9.47. The summed E-state index contributed by atoms with van der Waals surface area (Å²) in [6, 6.07) is 4.93. The maximum Gasteiger partial charge on any atom is 0.123 e. The number of nitrogens with two attached hydrogens (primary N) is 1. The van der Waals surface area contributed by atoms with Crippen molar-refractivity contribution in [1.29, 1.82) is 0 Å². The van der Waals surface area contributed by atoms with Crippen molar-refractivity contribution < 1.29 is 9.50 Å². The molecule has 0 radical (unpaired) electrons. The molecule has 1 aliphatic rings. The molecular weight excluding hydrogens is 207 g/mol. The number of hydrogen-bond acceptors (Lipinski definition) is 3. The Labute approximate surface area is 94.7 Å². The molecule has 0 amide bonds. The topological polar surface area (TPSA) is 49.5 Å². The summed E-state index contributed by atoms with van der Waals surface area (Å²) in [6.45, 7) is 2.43. The highest BCUT2D eigenvalue weighted by Gasteiger charge is 2.18. The van der Waals surface area contributed by atoms with Crippen LogP contribution in [0.15, 0.2) is 18.2 Å². The molecule has 1 atom stereocenters. The average molecular weight is 224 g/mol. The Morgan fingerprint density at radius 3 is 3.00 bits per heavy atom. The van der Waals surface area contributed by atoms with Gasteiger partial charge in [-0.15, -0.1) is 0 Å². The van der Waals surface area contributed by atoms with Crippen LogP contribution in [-0.2, 0) is 13.0 Å². The molecule has 0 spiro atoms. The minimum absolute atomic E-state index is 0.194. The van der Waals surface area contributed by atoms with Gasteiger partial charge in [-0.3, -0.25) is 4.90 Å². The number of aliphatic hydroxyl groups excluding tert-OH is 1. The summed E-state index contributed by atoms with van der Waals surface area (Å²) in [6.07, 6.45) is 0.419. The Morgan fingerprint density at radius 1 is 1.44 bits per heavy atom. The van der Waals surface area contributed by atoms with Crippen molar-refractivity contribution in [3.05, 3.63) is 35.1 Å². The van der Waals surface area contributed by atoms with E-state index in [4.69, 9.17) is 5.73 Å². The van der Waals surface area contributed by atoms with Crippen LogP contribution in [0.1, 0.15) is 11.1 Å². The van der Waals surface area contributed by atoms with Crippen molar-refractivity contribution in [1.82, 2.24) is 4.90 Å². The van der Waals surface area contributed by atoms with Gasteiger partial charge in [-0.25, -0.2) is 4.39 Å². The van der Waals surface area contributed by atoms with Gasteiger partial charge in [-0.2, -0.15) is 0 Å². The Balaban J connectivity index is 2.05. The normalized spacial score (nSPS) is 18.2. The molecule has 0 aromatic heterocycles. The van der Waals surface area contributed by atoms with E-state index in [2.05, 4.69) is 4.90 Å². The second kappa shape index (κ2) is 4.91. The van der Waals surface area contributed by atoms with E-state index in [0.29, 0.717) is 13.1 Å². The molecule has 0 fully saturated rings. The molecule has 1 heterocycles. The van der Waals surface area contributed by atoms with Crippen LogP contribution in [-0.4, -0.2) is 35.7 Å². The van der Waals surface area contributed by atoms with E-state index in [1.54, 1.807) is 6.07 Å². The van der Waals surface area contributed by atoms with Gasteiger partial charge in [0.1, 0.15) is 5.82 Å². The number of fused-ring (bicyclic) bond motifs is 1. The summed E-state index contributed by atoms with van der Waals surface area (Å²) < 4.78 is 13.1. The van der Waals surface area contributed by atoms with Crippen LogP contribution in [0.3, 0.4) is 0 Å². The van der Waals surface area contributed by atoms with E-state index < -0.39 is 6.10 Å². The monoisotopic (exact) mass is 224 g/mol. The summed E-state index contributed by atoms with van der Waals surface area (Å²) in [4.78, 5) is 2.11. The number of β-amino-alcohol motifs (C(OH)–C–C–N with tert-alkyl or cyclic N) is 1. The minimum Gasteiger partial charge on any atom is -0.390 e. The lowest BCUT2D eigenvalue weighted by atomic mass is 9.99. The van der Waals surface area contributed by atoms with Crippen molar-refractivity contribution in [2.24, 2.45) is 5.73 Å². The van der Waals surface area contributed by atoms with Crippen LogP contribution >= 0.6 is 0 Å². The molecule has 2 rings (SSSR count). The van der Waals surface area contributed by atoms with Crippen LogP contribution in [0.4, 0.5) is 4.39 Å². The number of hydrogen-bond donors (Lipinski definition) is 2. The molecule has 1 aliphatic heterocycles. The fraction of sp³-hybridized carbons (Fsp3) is 0.500. The highest BCUT2D eigenvalue weighted by molar-refractivity contribution is 5.29. The highest BCUT2D eigenvalue weighted by Crippen LogP contribution is 2.19. The first-order chi connectivity index (χ1) is 7.69. The van der Waals surface area contributed by atoms with Gasteiger partial charge in [-0.1, -0.05) is 6.07 Å². The van der Waals surface area contributed by atoms with Crippen molar-refractivity contribution in [2.75, 3.05) is 19.6 Å². The third-order valence-electron chi connectivity index (χ3n) is 3.00. The van der Waals surface area contributed by atoms with E-state index in [1.807, 2.05) is 6.07 Å². The zero-order valence-electron chi connectivity index (χ0n) is 9.19. The first-order valence-corrected chi connectivity index (χ1v) is 5.57. The van der Waals surface area contributed by atoms with E-state index in [-0.39, 0.29) is 12.4 Å².